The van der Waals surface area contributed by atoms with Gasteiger partial charge in [-0.25, -0.2) is 0 Å². The summed E-state index contributed by atoms with van der Waals surface area (Å²) in [5.74, 6) is 4.64. The van der Waals surface area contributed by atoms with Gasteiger partial charge in [-0.15, -0.1) is 0 Å². The third-order valence-corrected chi connectivity index (χ3v) is 7.96. The number of nitrogens with one attached hydrogen (secondary N) is 2. The van der Waals surface area contributed by atoms with Crippen LogP contribution >= 0.6 is 11.8 Å². The van der Waals surface area contributed by atoms with Crippen molar-refractivity contribution in [2.75, 3.05) is 25.2 Å². The van der Waals surface area contributed by atoms with E-state index in [2.05, 4.69) is 10.6 Å². The first kappa shape index (κ1) is 23.5. The summed E-state index contributed by atoms with van der Waals surface area (Å²) in [6.45, 7) is 1.54. The van der Waals surface area contributed by atoms with Gasteiger partial charge in [0.1, 0.15) is 5.75 Å². The molecule has 0 spiro atoms. The molecule has 2 aliphatic carbocycles. The summed E-state index contributed by atoms with van der Waals surface area (Å²) in [5.41, 5.74) is 1.10. The number of methoxy groups -OCH3 is 1. The van der Waals surface area contributed by atoms with Crippen molar-refractivity contribution in [1.29, 1.82) is 0 Å². The number of hydrogen-bond acceptors (Lipinski definition) is 4. The van der Waals surface area contributed by atoms with Crippen LogP contribution in [0.1, 0.15) is 69.8 Å². The number of carbonyl (C=O) groups excluding carboxylic acids is 1. The minimum absolute atomic E-state index is 0.0984. The maximum atomic E-state index is 13.0. The third kappa shape index (κ3) is 8.14. The Bertz CT molecular complexity index is 610. The molecule has 0 aliphatic heterocycles. The van der Waals surface area contributed by atoms with Gasteiger partial charge < -0.3 is 15.4 Å². The Balaban J connectivity index is 1.47. The Labute approximate surface area is 187 Å². The van der Waals surface area contributed by atoms with E-state index in [-0.39, 0.29) is 11.9 Å². The first-order valence-electron chi connectivity index (χ1n) is 12.0. The summed E-state index contributed by atoms with van der Waals surface area (Å²) >= 11 is 1.97. The number of carbonyl (C=O) groups is 1. The van der Waals surface area contributed by atoms with Crippen molar-refractivity contribution >= 4 is 17.7 Å². The van der Waals surface area contributed by atoms with E-state index in [1.807, 2.05) is 36.0 Å². The standard InChI is InChI=1S/C25H40N2O2S/c1-29-23-14-12-21(13-15-23)17-27-25(28)24(26-16-20-8-4-2-5-9-20)19-30-18-22-10-6-3-7-11-22/h12-15,20,22,24,26H,2-11,16-19H2,1H3,(H,27,28)/t24-/m0/s1. The highest BCUT2D eigenvalue weighted by Crippen LogP contribution is 2.27. The first-order chi connectivity index (χ1) is 14.7. The van der Waals surface area contributed by atoms with Crippen molar-refractivity contribution in [3.63, 3.8) is 0 Å². The fourth-order valence-corrected chi connectivity index (χ4v) is 6.00. The predicted molar refractivity (Wildman–Crippen MR) is 127 cm³/mol. The summed E-state index contributed by atoms with van der Waals surface area (Å²) < 4.78 is 5.22. The Morgan fingerprint density at radius 1 is 1.00 bits per heavy atom. The lowest BCUT2D eigenvalue weighted by molar-refractivity contribution is -0.122. The van der Waals surface area contributed by atoms with Crippen molar-refractivity contribution in [2.45, 2.75) is 76.8 Å². The van der Waals surface area contributed by atoms with Gasteiger partial charge in [-0.3, -0.25) is 4.79 Å². The number of hydrogen-bond donors (Lipinski definition) is 2. The van der Waals surface area contributed by atoms with Crippen molar-refractivity contribution in [1.82, 2.24) is 10.6 Å². The van der Waals surface area contributed by atoms with Gasteiger partial charge in [0, 0.05) is 12.3 Å². The summed E-state index contributed by atoms with van der Waals surface area (Å²) in [6, 6.07) is 7.82. The molecule has 2 N–H and O–H groups in total. The fourth-order valence-electron chi connectivity index (χ4n) is 4.69. The van der Waals surface area contributed by atoms with Crippen LogP contribution in [0.5, 0.6) is 5.75 Å². The van der Waals surface area contributed by atoms with Gasteiger partial charge in [-0.05, 0) is 67.5 Å². The Hall–Kier alpha value is -1.20. The molecule has 168 valence electrons. The normalized spacial score (nSPS) is 19.4. The second kappa shape index (κ2) is 13.3. The average Bonchev–Trinajstić information content (AvgIpc) is 2.81. The van der Waals surface area contributed by atoms with Gasteiger partial charge in [0.25, 0.3) is 0 Å². The van der Waals surface area contributed by atoms with E-state index in [1.165, 1.54) is 70.0 Å². The van der Waals surface area contributed by atoms with Gasteiger partial charge in [-0.1, -0.05) is 50.7 Å². The van der Waals surface area contributed by atoms with Gasteiger partial charge in [-0.2, -0.15) is 11.8 Å². The molecule has 0 saturated heterocycles. The summed E-state index contributed by atoms with van der Waals surface area (Å²) in [6.07, 6.45) is 13.6. The van der Waals surface area contributed by atoms with Crippen molar-refractivity contribution in [3.8, 4) is 5.75 Å². The van der Waals surface area contributed by atoms with Gasteiger partial charge in [0.15, 0.2) is 0 Å². The van der Waals surface area contributed by atoms with Gasteiger partial charge >= 0.3 is 0 Å². The van der Waals surface area contributed by atoms with Crippen molar-refractivity contribution in [3.05, 3.63) is 29.8 Å². The molecule has 1 atom stereocenters. The molecule has 0 bridgehead atoms. The van der Waals surface area contributed by atoms with Crippen LogP contribution < -0.4 is 15.4 Å². The second-order valence-corrected chi connectivity index (χ2v) is 10.1. The zero-order valence-corrected chi connectivity index (χ0v) is 19.5. The number of amides is 1. The van der Waals surface area contributed by atoms with E-state index >= 15 is 0 Å². The molecule has 4 nitrogen and oxygen atoms in total. The van der Waals surface area contributed by atoms with E-state index in [0.717, 1.165) is 35.4 Å². The molecular weight excluding hydrogens is 392 g/mol. The molecule has 2 fully saturated rings. The summed E-state index contributed by atoms with van der Waals surface area (Å²) in [5, 5.41) is 6.79. The van der Waals surface area contributed by atoms with Crippen molar-refractivity contribution in [2.24, 2.45) is 11.8 Å². The topological polar surface area (TPSA) is 50.4 Å². The SMILES string of the molecule is COc1ccc(CNC(=O)[C@H](CSCC2CCCCC2)NCC2CCCCC2)cc1. The van der Waals surface area contributed by atoms with E-state index in [4.69, 9.17) is 4.74 Å². The Kier molecular flexibility index (Phi) is 10.4. The van der Waals surface area contributed by atoms with E-state index in [9.17, 15) is 4.79 Å². The van der Waals surface area contributed by atoms with E-state index in [0.29, 0.717) is 6.54 Å². The molecule has 5 heteroatoms. The second-order valence-electron chi connectivity index (χ2n) is 9.07. The van der Waals surface area contributed by atoms with Crippen LogP contribution in [0.2, 0.25) is 0 Å². The molecule has 0 unspecified atom stereocenters. The van der Waals surface area contributed by atoms with E-state index in [1.54, 1.807) is 7.11 Å². The number of thioether (sulfide) groups is 1. The zero-order valence-electron chi connectivity index (χ0n) is 18.7. The summed E-state index contributed by atoms with van der Waals surface area (Å²) in [7, 11) is 1.67. The highest BCUT2D eigenvalue weighted by atomic mass is 32.2. The van der Waals surface area contributed by atoms with Crippen LogP contribution in [0, 0.1) is 11.8 Å². The van der Waals surface area contributed by atoms with Crippen LogP contribution in [-0.4, -0.2) is 37.1 Å². The number of rotatable bonds is 11. The monoisotopic (exact) mass is 432 g/mol. The zero-order chi connectivity index (χ0) is 21.0. The number of benzene rings is 1. The fraction of sp³-hybridized carbons (Fsp3) is 0.720. The summed E-state index contributed by atoms with van der Waals surface area (Å²) in [4.78, 5) is 13.0. The van der Waals surface area contributed by atoms with Crippen LogP contribution in [0.4, 0.5) is 0 Å². The van der Waals surface area contributed by atoms with Crippen molar-refractivity contribution < 1.29 is 9.53 Å². The average molecular weight is 433 g/mol. The van der Waals surface area contributed by atoms with Crippen LogP contribution in [-0.2, 0) is 11.3 Å². The molecule has 3 rings (SSSR count). The largest absolute Gasteiger partial charge is 0.497 e. The maximum Gasteiger partial charge on any atom is 0.238 e. The lowest BCUT2D eigenvalue weighted by Gasteiger charge is -2.26. The molecule has 30 heavy (non-hydrogen) atoms. The molecular formula is C25H40N2O2S. The first-order valence-corrected chi connectivity index (χ1v) is 13.1. The Morgan fingerprint density at radius 2 is 1.63 bits per heavy atom. The lowest BCUT2D eigenvalue weighted by Crippen LogP contribution is -2.47. The quantitative estimate of drug-likeness (QED) is 0.507. The minimum Gasteiger partial charge on any atom is -0.497 e. The molecule has 0 radical (unpaired) electrons. The van der Waals surface area contributed by atoms with Crippen LogP contribution in [0.25, 0.3) is 0 Å². The van der Waals surface area contributed by atoms with Gasteiger partial charge in [0.05, 0.1) is 13.2 Å². The molecule has 1 aromatic carbocycles. The molecule has 2 saturated carbocycles. The van der Waals surface area contributed by atoms with Crippen LogP contribution in [0.15, 0.2) is 24.3 Å². The molecule has 1 aromatic rings. The molecule has 2 aliphatic rings. The van der Waals surface area contributed by atoms with E-state index < -0.39 is 0 Å². The molecule has 0 heterocycles. The third-order valence-electron chi connectivity index (χ3n) is 6.68. The van der Waals surface area contributed by atoms with Crippen LogP contribution in [0.3, 0.4) is 0 Å². The minimum atomic E-state index is -0.0984. The maximum absolute atomic E-state index is 13.0. The highest BCUT2D eigenvalue weighted by molar-refractivity contribution is 7.99. The smallest absolute Gasteiger partial charge is 0.238 e. The number of ether oxygens (including phenoxy) is 1. The lowest BCUT2D eigenvalue weighted by atomic mass is 9.89. The molecule has 1 amide bonds. The molecule has 0 aromatic heterocycles. The van der Waals surface area contributed by atoms with Gasteiger partial charge in [0.2, 0.25) is 5.91 Å². The Morgan fingerprint density at radius 3 is 2.27 bits per heavy atom. The predicted octanol–water partition coefficient (Wildman–Crippen LogP) is 5.16. The highest BCUT2D eigenvalue weighted by Gasteiger charge is 2.22.